The van der Waals surface area contributed by atoms with Crippen LogP contribution in [0.4, 0.5) is 17.1 Å². The summed E-state index contributed by atoms with van der Waals surface area (Å²) in [6.45, 7) is 0. The van der Waals surface area contributed by atoms with Gasteiger partial charge in [0.1, 0.15) is 0 Å². The molecular formula is C62H41NS. The number of anilines is 3. The fourth-order valence-corrected chi connectivity index (χ4v) is 10.8. The van der Waals surface area contributed by atoms with Gasteiger partial charge in [-0.25, -0.2) is 0 Å². The molecule has 0 saturated carbocycles. The summed E-state index contributed by atoms with van der Waals surface area (Å²) in [5, 5.41) is 7.63. The Hall–Kier alpha value is -8.04. The molecule has 0 saturated heterocycles. The highest BCUT2D eigenvalue weighted by Gasteiger charge is 2.18. The van der Waals surface area contributed by atoms with Gasteiger partial charge in [0.2, 0.25) is 0 Å². The standard InChI is InChI=1S/C62H41NS/c1-2-13-43(14-3-1)56-40-33-48(41-60(56)59-25-12-24-58-57-21-8-9-26-61(57)64-62(58)59)42-27-34-49(35-28-42)63(50-36-29-46(30-37-50)54-22-10-17-44-15-4-6-19-52(44)54)51-38-31-47(32-39-51)55-23-11-18-45-16-5-7-20-53(45)55/h1-41H. The number of benzene rings is 11. The first-order valence-electron chi connectivity index (χ1n) is 21.9. The lowest BCUT2D eigenvalue weighted by molar-refractivity contribution is 1.28. The highest BCUT2D eigenvalue weighted by molar-refractivity contribution is 7.26. The van der Waals surface area contributed by atoms with Crippen LogP contribution in [0, 0.1) is 0 Å². The fraction of sp³-hybridized carbons (Fsp3) is 0. The van der Waals surface area contributed by atoms with Crippen LogP contribution in [0.3, 0.4) is 0 Å². The van der Waals surface area contributed by atoms with E-state index >= 15 is 0 Å². The van der Waals surface area contributed by atoms with Crippen LogP contribution in [0.5, 0.6) is 0 Å². The van der Waals surface area contributed by atoms with Crippen LogP contribution in [-0.2, 0) is 0 Å². The second kappa shape index (κ2) is 16.0. The SMILES string of the molecule is c1ccc(-c2ccc(-c3ccc(N(c4ccc(-c5cccc6ccccc56)cc4)c4ccc(-c5cccc6ccccc56)cc4)cc3)cc2-c2cccc3c2sc2ccccc23)cc1. The van der Waals surface area contributed by atoms with Crippen LogP contribution in [-0.4, -0.2) is 0 Å². The maximum atomic E-state index is 2.40. The summed E-state index contributed by atoms with van der Waals surface area (Å²) in [4.78, 5) is 2.37. The largest absolute Gasteiger partial charge is 0.311 e. The van der Waals surface area contributed by atoms with Crippen molar-refractivity contribution in [2.45, 2.75) is 0 Å². The van der Waals surface area contributed by atoms with E-state index in [0.717, 1.165) is 17.1 Å². The van der Waals surface area contributed by atoms with E-state index in [9.17, 15) is 0 Å². The van der Waals surface area contributed by atoms with Gasteiger partial charge in [-0.2, -0.15) is 0 Å². The van der Waals surface area contributed by atoms with Crippen LogP contribution < -0.4 is 4.90 Å². The summed E-state index contributed by atoms with van der Waals surface area (Å²) in [5.74, 6) is 0. The van der Waals surface area contributed by atoms with Gasteiger partial charge in [-0.3, -0.25) is 0 Å². The van der Waals surface area contributed by atoms with Crippen molar-refractivity contribution in [3.8, 4) is 55.6 Å². The Bertz CT molecular complexity index is 3510. The molecule has 0 fully saturated rings. The van der Waals surface area contributed by atoms with E-state index in [1.165, 1.54) is 97.4 Å². The molecule has 2 heteroatoms. The average molecular weight is 832 g/mol. The summed E-state index contributed by atoms with van der Waals surface area (Å²) >= 11 is 1.88. The number of fused-ring (bicyclic) bond motifs is 5. The minimum absolute atomic E-state index is 1.09. The number of rotatable bonds is 8. The molecule has 0 aliphatic rings. The minimum atomic E-state index is 1.09. The summed E-state index contributed by atoms with van der Waals surface area (Å²) in [6.07, 6.45) is 0. The van der Waals surface area contributed by atoms with Gasteiger partial charge >= 0.3 is 0 Å². The van der Waals surface area contributed by atoms with Crippen molar-refractivity contribution in [2.24, 2.45) is 0 Å². The lowest BCUT2D eigenvalue weighted by Crippen LogP contribution is -2.09. The van der Waals surface area contributed by atoms with E-state index in [2.05, 4.69) is 254 Å². The molecule has 12 rings (SSSR count). The predicted octanol–water partition coefficient (Wildman–Crippen LogP) is 18.2. The Morgan fingerprint density at radius 3 is 1.30 bits per heavy atom. The molecule has 0 aliphatic carbocycles. The van der Waals surface area contributed by atoms with Crippen molar-refractivity contribution in [2.75, 3.05) is 4.90 Å². The first-order valence-corrected chi connectivity index (χ1v) is 22.7. The molecule has 64 heavy (non-hydrogen) atoms. The van der Waals surface area contributed by atoms with Crippen molar-refractivity contribution in [1.29, 1.82) is 0 Å². The Labute approximate surface area is 377 Å². The van der Waals surface area contributed by atoms with Crippen LogP contribution >= 0.6 is 11.3 Å². The van der Waals surface area contributed by atoms with Crippen molar-refractivity contribution in [3.05, 3.63) is 249 Å². The number of hydrogen-bond acceptors (Lipinski definition) is 2. The molecule has 0 radical (unpaired) electrons. The molecule has 1 nitrogen and oxygen atoms in total. The molecule has 0 N–H and O–H groups in total. The monoisotopic (exact) mass is 831 g/mol. The van der Waals surface area contributed by atoms with Crippen LogP contribution in [0.2, 0.25) is 0 Å². The van der Waals surface area contributed by atoms with Gasteiger partial charge in [0.15, 0.2) is 0 Å². The molecule has 1 aromatic heterocycles. The smallest absolute Gasteiger partial charge is 0.0462 e. The molecule has 0 amide bonds. The highest BCUT2D eigenvalue weighted by Crippen LogP contribution is 2.45. The first-order chi connectivity index (χ1) is 31.7. The number of nitrogens with zero attached hydrogens (tertiary/aromatic N) is 1. The molecule has 0 unspecified atom stereocenters. The average Bonchev–Trinajstić information content (AvgIpc) is 3.76. The second-order valence-electron chi connectivity index (χ2n) is 16.4. The zero-order valence-electron chi connectivity index (χ0n) is 35.0. The van der Waals surface area contributed by atoms with E-state index in [-0.39, 0.29) is 0 Å². The van der Waals surface area contributed by atoms with Gasteiger partial charge in [0.25, 0.3) is 0 Å². The Balaban J connectivity index is 0.953. The van der Waals surface area contributed by atoms with Gasteiger partial charge in [-0.15, -0.1) is 11.3 Å². The maximum Gasteiger partial charge on any atom is 0.0462 e. The maximum absolute atomic E-state index is 2.40. The second-order valence-corrected chi connectivity index (χ2v) is 17.5. The highest BCUT2D eigenvalue weighted by atomic mass is 32.1. The fourth-order valence-electron chi connectivity index (χ4n) is 9.56. The molecule has 0 aliphatic heterocycles. The lowest BCUT2D eigenvalue weighted by atomic mass is 9.90. The van der Waals surface area contributed by atoms with Gasteiger partial charge in [-0.05, 0) is 120 Å². The molecular weight excluding hydrogens is 791 g/mol. The normalized spacial score (nSPS) is 11.4. The van der Waals surface area contributed by atoms with E-state index in [4.69, 9.17) is 0 Å². The Morgan fingerprint density at radius 2 is 0.688 bits per heavy atom. The quantitative estimate of drug-likeness (QED) is 0.147. The van der Waals surface area contributed by atoms with Crippen molar-refractivity contribution in [3.63, 3.8) is 0 Å². The molecule has 11 aromatic carbocycles. The molecule has 0 spiro atoms. The van der Waals surface area contributed by atoms with Crippen LogP contribution in [0.25, 0.3) is 97.4 Å². The van der Waals surface area contributed by atoms with E-state index < -0.39 is 0 Å². The molecule has 0 atom stereocenters. The van der Waals surface area contributed by atoms with Gasteiger partial charge in [0.05, 0.1) is 0 Å². The van der Waals surface area contributed by atoms with E-state index in [1.807, 2.05) is 11.3 Å². The third kappa shape index (κ3) is 6.73. The minimum Gasteiger partial charge on any atom is -0.311 e. The van der Waals surface area contributed by atoms with Crippen molar-refractivity contribution in [1.82, 2.24) is 0 Å². The van der Waals surface area contributed by atoms with Gasteiger partial charge < -0.3 is 4.90 Å². The molecule has 12 aromatic rings. The van der Waals surface area contributed by atoms with E-state index in [0.29, 0.717) is 0 Å². The molecule has 0 bridgehead atoms. The predicted molar refractivity (Wildman–Crippen MR) is 276 cm³/mol. The summed E-state index contributed by atoms with van der Waals surface area (Å²) in [6, 6.07) is 90.8. The van der Waals surface area contributed by atoms with Crippen LogP contribution in [0.1, 0.15) is 0 Å². The number of hydrogen-bond donors (Lipinski definition) is 0. The summed E-state index contributed by atoms with van der Waals surface area (Å²) < 4.78 is 2.64. The molecule has 300 valence electrons. The first kappa shape index (κ1) is 37.7. The van der Waals surface area contributed by atoms with Crippen LogP contribution in [0.15, 0.2) is 249 Å². The Morgan fingerprint density at radius 1 is 0.250 bits per heavy atom. The topological polar surface area (TPSA) is 3.24 Å². The molecule has 1 heterocycles. The lowest BCUT2D eigenvalue weighted by Gasteiger charge is -2.26. The Kier molecular flexibility index (Phi) is 9.43. The van der Waals surface area contributed by atoms with Crippen molar-refractivity contribution >= 4 is 70.1 Å². The third-order valence-electron chi connectivity index (χ3n) is 12.7. The number of thiophene rings is 1. The summed E-state index contributed by atoms with van der Waals surface area (Å²) in [5.41, 5.74) is 15.5. The zero-order valence-corrected chi connectivity index (χ0v) is 35.8. The van der Waals surface area contributed by atoms with E-state index in [1.54, 1.807) is 0 Å². The third-order valence-corrected chi connectivity index (χ3v) is 13.9. The van der Waals surface area contributed by atoms with Gasteiger partial charge in [0, 0.05) is 42.8 Å². The van der Waals surface area contributed by atoms with Gasteiger partial charge in [-0.1, -0.05) is 200 Å². The zero-order chi connectivity index (χ0) is 42.4. The summed E-state index contributed by atoms with van der Waals surface area (Å²) in [7, 11) is 0. The van der Waals surface area contributed by atoms with Crippen molar-refractivity contribution < 1.29 is 0 Å².